The fourth-order valence-corrected chi connectivity index (χ4v) is 2.02. The van der Waals surface area contributed by atoms with Crippen LogP contribution in [0.2, 0.25) is 0 Å². The lowest BCUT2D eigenvalue weighted by atomic mass is 9.95. The molecule has 0 radical (unpaired) electrons. The summed E-state index contributed by atoms with van der Waals surface area (Å²) in [5.41, 5.74) is 0.632. The summed E-state index contributed by atoms with van der Waals surface area (Å²) < 4.78 is 13.9. The molecule has 1 saturated carbocycles. The molecule has 0 spiro atoms. The van der Waals surface area contributed by atoms with Crippen molar-refractivity contribution in [2.24, 2.45) is 5.92 Å². The molecule has 0 N–H and O–H groups in total. The fraction of sp³-hybridized carbons (Fsp3) is 0.417. The monoisotopic (exact) mass is 192 g/mol. The number of halogens is 1. The number of hydrogen-bond donors (Lipinski definition) is 0. The molecule has 1 aliphatic rings. The molecule has 74 valence electrons. The third-order valence-electron chi connectivity index (χ3n) is 2.82. The fourth-order valence-electron chi connectivity index (χ4n) is 2.02. The van der Waals surface area contributed by atoms with Crippen LogP contribution in [0.15, 0.2) is 30.3 Å². The molecular weight excluding hydrogens is 179 g/mol. The molecule has 0 amide bonds. The lowest BCUT2D eigenvalue weighted by Crippen LogP contribution is -2.13. The molecule has 0 heterocycles. The Morgan fingerprint density at radius 3 is 2.57 bits per heavy atom. The summed E-state index contributed by atoms with van der Waals surface area (Å²) in [6, 6.07) is 8.96. The third-order valence-corrected chi connectivity index (χ3v) is 2.82. The van der Waals surface area contributed by atoms with Crippen LogP contribution in [0.5, 0.6) is 0 Å². The molecule has 1 aromatic rings. The van der Waals surface area contributed by atoms with Crippen LogP contribution in [-0.2, 0) is 4.79 Å². The van der Waals surface area contributed by atoms with E-state index in [2.05, 4.69) is 0 Å². The van der Waals surface area contributed by atoms with Crippen LogP contribution in [0.3, 0.4) is 0 Å². The summed E-state index contributed by atoms with van der Waals surface area (Å²) in [6.07, 6.45) is 0.995. The Kier molecular flexibility index (Phi) is 2.62. The van der Waals surface area contributed by atoms with Gasteiger partial charge in [0.15, 0.2) is 0 Å². The van der Waals surface area contributed by atoms with Crippen molar-refractivity contribution < 1.29 is 9.18 Å². The first kappa shape index (κ1) is 9.38. The molecule has 0 aliphatic heterocycles. The van der Waals surface area contributed by atoms with Gasteiger partial charge >= 0.3 is 0 Å². The second-order valence-corrected chi connectivity index (χ2v) is 3.78. The third kappa shape index (κ3) is 1.69. The van der Waals surface area contributed by atoms with Gasteiger partial charge in [-0.05, 0) is 18.4 Å². The number of alkyl halides is 1. The van der Waals surface area contributed by atoms with E-state index in [0.29, 0.717) is 18.4 Å². The van der Waals surface area contributed by atoms with Crippen LogP contribution in [0.4, 0.5) is 4.39 Å². The summed E-state index contributed by atoms with van der Waals surface area (Å²) in [6.45, 7) is 0. The van der Waals surface area contributed by atoms with Crippen molar-refractivity contribution in [1.82, 2.24) is 0 Å². The molecule has 2 heteroatoms. The van der Waals surface area contributed by atoms with Gasteiger partial charge < -0.3 is 0 Å². The highest BCUT2D eigenvalue weighted by Crippen LogP contribution is 2.35. The van der Waals surface area contributed by atoms with E-state index in [4.69, 9.17) is 0 Å². The van der Waals surface area contributed by atoms with E-state index in [0.717, 1.165) is 6.42 Å². The van der Waals surface area contributed by atoms with E-state index >= 15 is 0 Å². The second kappa shape index (κ2) is 3.91. The number of ketones is 1. The Hall–Kier alpha value is -1.18. The van der Waals surface area contributed by atoms with Crippen molar-refractivity contribution >= 4 is 5.78 Å². The Balaban J connectivity index is 2.16. The Morgan fingerprint density at radius 2 is 2.00 bits per heavy atom. The molecule has 14 heavy (non-hydrogen) atoms. The van der Waals surface area contributed by atoms with Crippen molar-refractivity contribution in [1.29, 1.82) is 0 Å². The highest BCUT2D eigenvalue weighted by Gasteiger charge is 2.32. The van der Waals surface area contributed by atoms with Crippen LogP contribution >= 0.6 is 0 Å². The van der Waals surface area contributed by atoms with Crippen LogP contribution in [0.25, 0.3) is 0 Å². The van der Waals surface area contributed by atoms with E-state index in [9.17, 15) is 9.18 Å². The molecule has 0 bridgehead atoms. The molecule has 0 saturated heterocycles. The molecule has 2 atom stereocenters. The minimum absolute atomic E-state index is 0.0846. The lowest BCUT2D eigenvalue weighted by Gasteiger charge is -2.13. The number of Topliss-reactive ketones (excluding diaryl/α,β-unsaturated/α-hetero) is 1. The first-order chi connectivity index (χ1) is 6.79. The van der Waals surface area contributed by atoms with E-state index in [1.54, 1.807) is 24.3 Å². The average Bonchev–Trinajstić information content (AvgIpc) is 2.65. The van der Waals surface area contributed by atoms with Crippen molar-refractivity contribution in [3.05, 3.63) is 35.9 Å². The van der Waals surface area contributed by atoms with Gasteiger partial charge in [-0.15, -0.1) is 0 Å². The van der Waals surface area contributed by atoms with E-state index in [1.165, 1.54) is 0 Å². The van der Waals surface area contributed by atoms with E-state index in [-0.39, 0.29) is 5.78 Å². The highest BCUT2D eigenvalue weighted by molar-refractivity contribution is 5.83. The van der Waals surface area contributed by atoms with Crippen LogP contribution in [-0.4, -0.2) is 5.78 Å². The molecule has 2 rings (SSSR count). The van der Waals surface area contributed by atoms with Gasteiger partial charge in [-0.3, -0.25) is 4.79 Å². The number of carbonyl (C=O) groups is 1. The van der Waals surface area contributed by atoms with Gasteiger partial charge in [-0.2, -0.15) is 0 Å². The van der Waals surface area contributed by atoms with Crippen molar-refractivity contribution in [2.75, 3.05) is 0 Å². The minimum atomic E-state index is -1.11. The summed E-state index contributed by atoms with van der Waals surface area (Å²) >= 11 is 0. The second-order valence-electron chi connectivity index (χ2n) is 3.78. The largest absolute Gasteiger partial charge is 0.299 e. The molecule has 1 aliphatic carbocycles. The summed E-state index contributed by atoms with van der Waals surface area (Å²) in [4.78, 5) is 11.3. The molecule has 0 aromatic heterocycles. The first-order valence-electron chi connectivity index (χ1n) is 5.01. The number of rotatable bonds is 2. The van der Waals surface area contributed by atoms with E-state index < -0.39 is 12.1 Å². The van der Waals surface area contributed by atoms with Gasteiger partial charge in [0.2, 0.25) is 0 Å². The first-order valence-corrected chi connectivity index (χ1v) is 5.01. The zero-order chi connectivity index (χ0) is 9.97. The maximum Gasteiger partial charge on any atom is 0.139 e. The predicted molar refractivity (Wildman–Crippen MR) is 52.6 cm³/mol. The van der Waals surface area contributed by atoms with Gasteiger partial charge in [0, 0.05) is 6.42 Å². The van der Waals surface area contributed by atoms with Gasteiger partial charge in [-0.1, -0.05) is 30.3 Å². The van der Waals surface area contributed by atoms with Crippen LogP contribution in [0, 0.1) is 5.92 Å². The van der Waals surface area contributed by atoms with Gasteiger partial charge in [0.1, 0.15) is 12.0 Å². The Labute approximate surface area is 82.9 Å². The van der Waals surface area contributed by atoms with Gasteiger partial charge in [-0.25, -0.2) is 4.39 Å². The molecular formula is C12H13FO. The zero-order valence-electron chi connectivity index (χ0n) is 7.95. The molecule has 1 fully saturated rings. The minimum Gasteiger partial charge on any atom is -0.299 e. The summed E-state index contributed by atoms with van der Waals surface area (Å²) in [7, 11) is 0. The van der Waals surface area contributed by atoms with Crippen LogP contribution in [0.1, 0.15) is 31.0 Å². The zero-order valence-corrected chi connectivity index (χ0v) is 7.95. The molecule has 2 unspecified atom stereocenters. The molecule has 1 aromatic carbocycles. The maximum atomic E-state index is 13.9. The van der Waals surface area contributed by atoms with Gasteiger partial charge in [0.25, 0.3) is 0 Å². The lowest BCUT2D eigenvalue weighted by molar-refractivity contribution is -0.122. The predicted octanol–water partition coefficient (Wildman–Crippen LogP) is 3.07. The molecule has 1 nitrogen and oxygen atoms in total. The number of hydrogen-bond acceptors (Lipinski definition) is 1. The SMILES string of the molecule is O=C1CCCC1C(F)c1ccccc1. The normalized spacial score (nSPS) is 23.8. The standard InChI is InChI=1S/C12H13FO/c13-12(9-5-2-1-3-6-9)10-7-4-8-11(10)14/h1-3,5-6,10,12H,4,7-8H2. The Morgan fingerprint density at radius 1 is 1.29 bits per heavy atom. The topological polar surface area (TPSA) is 17.1 Å². The summed E-state index contributed by atoms with van der Waals surface area (Å²) in [5.74, 6) is -0.307. The average molecular weight is 192 g/mol. The van der Waals surface area contributed by atoms with Gasteiger partial charge in [0.05, 0.1) is 5.92 Å². The smallest absolute Gasteiger partial charge is 0.139 e. The number of benzene rings is 1. The number of carbonyl (C=O) groups excluding carboxylic acids is 1. The van der Waals surface area contributed by atoms with Crippen LogP contribution < -0.4 is 0 Å². The highest BCUT2D eigenvalue weighted by atomic mass is 19.1. The van der Waals surface area contributed by atoms with Crippen molar-refractivity contribution in [3.8, 4) is 0 Å². The van der Waals surface area contributed by atoms with Crippen molar-refractivity contribution in [3.63, 3.8) is 0 Å². The van der Waals surface area contributed by atoms with E-state index in [1.807, 2.05) is 6.07 Å². The maximum absolute atomic E-state index is 13.9. The quantitative estimate of drug-likeness (QED) is 0.703. The summed E-state index contributed by atoms with van der Waals surface area (Å²) in [5, 5.41) is 0. The Bertz CT molecular complexity index is 320. The van der Waals surface area contributed by atoms with Crippen molar-refractivity contribution in [2.45, 2.75) is 25.4 Å².